The van der Waals surface area contributed by atoms with Crippen LogP contribution in [0, 0.1) is 11.6 Å². The van der Waals surface area contributed by atoms with Crippen LogP contribution in [0.25, 0.3) is 0 Å². The largest absolute Gasteiger partial charge is 0.504 e. The van der Waals surface area contributed by atoms with Gasteiger partial charge in [-0.1, -0.05) is 6.07 Å². The molecule has 0 atom stereocenters. The number of methoxy groups -OCH3 is 1. The molecule has 0 aliphatic heterocycles. The van der Waals surface area contributed by atoms with Crippen LogP contribution in [0.15, 0.2) is 41.4 Å². The van der Waals surface area contributed by atoms with Gasteiger partial charge in [-0.3, -0.25) is 4.99 Å². The van der Waals surface area contributed by atoms with Crippen LogP contribution in [0.2, 0.25) is 0 Å². The summed E-state index contributed by atoms with van der Waals surface area (Å²) in [5.74, 6) is 0.273. The third-order valence-corrected chi connectivity index (χ3v) is 3.95. The molecule has 154 valence electrons. The third kappa shape index (κ3) is 7.49. The Morgan fingerprint density at radius 2 is 1.89 bits per heavy atom. The van der Waals surface area contributed by atoms with Gasteiger partial charge in [0, 0.05) is 19.6 Å². The predicted molar refractivity (Wildman–Crippen MR) is 118 cm³/mol. The first-order valence-electron chi connectivity index (χ1n) is 8.85. The summed E-state index contributed by atoms with van der Waals surface area (Å²) in [4.78, 5) is 4.40. The van der Waals surface area contributed by atoms with Gasteiger partial charge < -0.3 is 20.5 Å². The van der Waals surface area contributed by atoms with Crippen LogP contribution in [0.3, 0.4) is 0 Å². The summed E-state index contributed by atoms with van der Waals surface area (Å²) in [6.07, 6.45) is 1.02. The second-order valence-corrected chi connectivity index (χ2v) is 5.93. The van der Waals surface area contributed by atoms with Gasteiger partial charge in [0.2, 0.25) is 0 Å². The van der Waals surface area contributed by atoms with Crippen molar-refractivity contribution < 1.29 is 18.6 Å². The molecule has 0 bridgehead atoms. The van der Waals surface area contributed by atoms with E-state index in [1.54, 1.807) is 12.1 Å². The quantitative estimate of drug-likeness (QED) is 0.291. The maximum absolute atomic E-state index is 13.6. The van der Waals surface area contributed by atoms with E-state index >= 15 is 0 Å². The van der Waals surface area contributed by atoms with E-state index in [0.717, 1.165) is 17.7 Å². The highest BCUT2D eigenvalue weighted by atomic mass is 127. The van der Waals surface area contributed by atoms with Crippen LogP contribution >= 0.6 is 24.0 Å². The van der Waals surface area contributed by atoms with E-state index in [2.05, 4.69) is 15.6 Å². The minimum atomic E-state index is -0.454. The van der Waals surface area contributed by atoms with Crippen molar-refractivity contribution in [2.24, 2.45) is 4.99 Å². The lowest BCUT2D eigenvalue weighted by molar-refractivity contribution is 0.373. The Balaban J connectivity index is 0.00000392. The second-order valence-electron chi connectivity index (χ2n) is 5.93. The fourth-order valence-electron chi connectivity index (χ4n) is 2.57. The van der Waals surface area contributed by atoms with Gasteiger partial charge in [-0.05, 0) is 61.2 Å². The first-order chi connectivity index (χ1) is 13.0. The summed E-state index contributed by atoms with van der Waals surface area (Å²) in [6, 6.07) is 8.64. The molecule has 0 aliphatic rings. The SMILES string of the molecule is CCNC(=NCCc1cc(F)ccc1F)NCCc1ccc(O)c(OC)c1.I. The van der Waals surface area contributed by atoms with Gasteiger partial charge >= 0.3 is 0 Å². The molecule has 3 N–H and O–H groups in total. The highest BCUT2D eigenvalue weighted by Crippen LogP contribution is 2.26. The monoisotopic (exact) mass is 505 g/mol. The number of guanidine groups is 1. The van der Waals surface area contributed by atoms with Crippen LogP contribution < -0.4 is 15.4 Å². The number of halogens is 3. The first-order valence-corrected chi connectivity index (χ1v) is 8.85. The zero-order chi connectivity index (χ0) is 19.6. The molecule has 2 rings (SSSR count). The van der Waals surface area contributed by atoms with E-state index in [1.165, 1.54) is 13.2 Å². The van der Waals surface area contributed by atoms with Crippen LogP contribution in [-0.2, 0) is 12.8 Å². The predicted octanol–water partition coefficient (Wildman–Crippen LogP) is 3.64. The number of rotatable bonds is 8. The number of aromatic hydroxyl groups is 1. The summed E-state index contributed by atoms with van der Waals surface area (Å²) < 4.78 is 32.0. The van der Waals surface area contributed by atoms with Crippen molar-refractivity contribution >= 4 is 29.9 Å². The van der Waals surface area contributed by atoms with Crippen molar-refractivity contribution in [3.05, 3.63) is 59.2 Å². The van der Waals surface area contributed by atoms with E-state index in [1.807, 2.05) is 13.0 Å². The summed E-state index contributed by atoms with van der Waals surface area (Å²) >= 11 is 0. The minimum Gasteiger partial charge on any atom is -0.504 e. The lowest BCUT2D eigenvalue weighted by Crippen LogP contribution is -2.38. The molecule has 2 aromatic carbocycles. The second kappa shape index (κ2) is 12.4. The molecule has 0 saturated heterocycles. The summed E-state index contributed by atoms with van der Waals surface area (Å²) in [5.41, 5.74) is 1.32. The maximum atomic E-state index is 13.6. The van der Waals surface area contributed by atoms with Gasteiger partial charge in [0.25, 0.3) is 0 Å². The molecule has 8 heteroatoms. The lowest BCUT2D eigenvalue weighted by atomic mass is 10.1. The Kier molecular flexibility index (Phi) is 10.6. The molecule has 28 heavy (non-hydrogen) atoms. The number of benzene rings is 2. The van der Waals surface area contributed by atoms with Crippen molar-refractivity contribution in [3.8, 4) is 11.5 Å². The highest BCUT2D eigenvalue weighted by molar-refractivity contribution is 14.0. The van der Waals surface area contributed by atoms with Gasteiger partial charge in [0.1, 0.15) is 11.6 Å². The molecular formula is C20H26F2IN3O2. The van der Waals surface area contributed by atoms with Crippen molar-refractivity contribution in [2.45, 2.75) is 19.8 Å². The molecule has 0 spiro atoms. The number of ether oxygens (including phenoxy) is 1. The standard InChI is InChI=1S/C20H25F2N3O2.HI/c1-3-23-20(25-11-9-15-13-16(21)5-6-17(15)22)24-10-8-14-4-7-18(26)19(12-14)27-2;/h4-7,12-13,26H,3,8-11H2,1-2H3,(H2,23,24,25);1H. The molecule has 0 fully saturated rings. The average Bonchev–Trinajstić information content (AvgIpc) is 2.65. The number of hydrogen-bond donors (Lipinski definition) is 3. The third-order valence-electron chi connectivity index (χ3n) is 3.95. The molecule has 0 radical (unpaired) electrons. The van der Waals surface area contributed by atoms with Gasteiger partial charge in [0.05, 0.1) is 7.11 Å². The summed E-state index contributed by atoms with van der Waals surface area (Å²) in [5, 5.41) is 15.9. The number of nitrogens with one attached hydrogen (secondary N) is 2. The molecule has 0 aromatic heterocycles. The molecule has 0 aliphatic carbocycles. The highest BCUT2D eigenvalue weighted by Gasteiger charge is 2.05. The van der Waals surface area contributed by atoms with Crippen LogP contribution in [0.1, 0.15) is 18.1 Å². The first kappa shape index (κ1) is 23.9. The Bertz CT molecular complexity index is 788. The number of aliphatic imine (C=N–C) groups is 1. The van der Waals surface area contributed by atoms with Crippen LogP contribution in [-0.4, -0.2) is 37.8 Å². The molecular weight excluding hydrogens is 479 g/mol. The Morgan fingerprint density at radius 3 is 2.61 bits per heavy atom. The van der Waals surface area contributed by atoms with Crippen molar-refractivity contribution in [2.75, 3.05) is 26.7 Å². The van der Waals surface area contributed by atoms with E-state index < -0.39 is 11.6 Å². The van der Waals surface area contributed by atoms with Gasteiger partial charge in [-0.25, -0.2) is 8.78 Å². The Labute approximate surface area is 181 Å². The molecule has 0 amide bonds. The number of phenolic OH excluding ortho intramolecular Hbond substituents is 1. The van der Waals surface area contributed by atoms with Crippen molar-refractivity contribution in [1.29, 1.82) is 0 Å². The summed E-state index contributed by atoms with van der Waals surface area (Å²) in [7, 11) is 1.51. The van der Waals surface area contributed by atoms with E-state index in [-0.39, 0.29) is 29.7 Å². The molecule has 0 unspecified atom stereocenters. The fraction of sp³-hybridized carbons (Fsp3) is 0.350. The zero-order valence-electron chi connectivity index (χ0n) is 16.0. The van der Waals surface area contributed by atoms with Crippen LogP contribution in [0.4, 0.5) is 8.78 Å². The lowest BCUT2D eigenvalue weighted by Gasteiger charge is -2.12. The normalized spacial score (nSPS) is 10.9. The number of nitrogens with zero attached hydrogens (tertiary/aromatic N) is 1. The van der Waals surface area contributed by atoms with E-state index in [0.29, 0.717) is 49.7 Å². The van der Waals surface area contributed by atoms with Gasteiger partial charge in [-0.15, -0.1) is 24.0 Å². The van der Waals surface area contributed by atoms with Gasteiger partial charge in [-0.2, -0.15) is 0 Å². The van der Waals surface area contributed by atoms with Crippen LogP contribution in [0.5, 0.6) is 11.5 Å². The summed E-state index contributed by atoms with van der Waals surface area (Å²) in [6.45, 7) is 3.60. The number of phenols is 1. The minimum absolute atomic E-state index is 0. The molecule has 5 nitrogen and oxygen atoms in total. The van der Waals surface area contributed by atoms with E-state index in [9.17, 15) is 13.9 Å². The van der Waals surface area contributed by atoms with E-state index in [4.69, 9.17) is 4.74 Å². The average molecular weight is 505 g/mol. The smallest absolute Gasteiger partial charge is 0.191 e. The molecule has 2 aromatic rings. The van der Waals surface area contributed by atoms with Crippen molar-refractivity contribution in [1.82, 2.24) is 10.6 Å². The van der Waals surface area contributed by atoms with Gasteiger partial charge in [0.15, 0.2) is 17.5 Å². The molecule has 0 saturated carbocycles. The topological polar surface area (TPSA) is 65.9 Å². The maximum Gasteiger partial charge on any atom is 0.191 e. The fourth-order valence-corrected chi connectivity index (χ4v) is 2.57. The molecule has 0 heterocycles. The number of hydrogen-bond acceptors (Lipinski definition) is 3. The Hall–Kier alpha value is -2.10. The zero-order valence-corrected chi connectivity index (χ0v) is 18.3. The van der Waals surface area contributed by atoms with Crippen molar-refractivity contribution in [3.63, 3.8) is 0 Å². The Morgan fingerprint density at radius 1 is 1.11 bits per heavy atom.